The molecule has 21 heavy (non-hydrogen) atoms. The summed E-state index contributed by atoms with van der Waals surface area (Å²) in [4.78, 5) is 32.6. The number of nitrogens with zero attached hydrogens (tertiary/aromatic N) is 3. The minimum Gasteiger partial charge on any atom is -0.451 e. The number of ether oxygens (including phenoxy) is 1. The van der Waals surface area contributed by atoms with Crippen molar-refractivity contribution >= 4 is 29.0 Å². The Labute approximate surface area is 125 Å². The van der Waals surface area contributed by atoms with E-state index in [0.29, 0.717) is 6.54 Å². The Kier molecular flexibility index (Phi) is 4.83. The summed E-state index contributed by atoms with van der Waals surface area (Å²) in [7, 11) is 1.64. The number of likely N-dealkylation sites (N-methyl/N-ethyl adjacent to an activating group) is 1. The van der Waals surface area contributed by atoms with Gasteiger partial charge in [0, 0.05) is 26.0 Å². The smallest absolute Gasteiger partial charge is 0.361 e. The van der Waals surface area contributed by atoms with E-state index in [9.17, 15) is 9.59 Å². The van der Waals surface area contributed by atoms with Crippen molar-refractivity contribution in [3.8, 4) is 0 Å². The molecule has 8 heteroatoms. The summed E-state index contributed by atoms with van der Waals surface area (Å²) in [6.45, 7) is 0.0999. The number of rotatable bonds is 5. The number of thiophene rings is 1. The number of nitrogen functional groups attached to an aromatic ring is 1. The number of aromatic nitrogens is 2. The summed E-state index contributed by atoms with van der Waals surface area (Å²) in [5, 5.41) is 3.89. The molecule has 0 atom stereocenters. The highest BCUT2D eigenvalue weighted by atomic mass is 32.1. The fourth-order valence-electron chi connectivity index (χ4n) is 1.56. The van der Waals surface area contributed by atoms with Gasteiger partial charge in [-0.15, -0.1) is 0 Å². The van der Waals surface area contributed by atoms with Gasteiger partial charge < -0.3 is 15.4 Å². The zero-order valence-corrected chi connectivity index (χ0v) is 12.2. The van der Waals surface area contributed by atoms with Crippen LogP contribution < -0.4 is 5.73 Å². The first kappa shape index (κ1) is 14.9. The average Bonchev–Trinajstić information content (AvgIpc) is 2.97. The predicted molar refractivity (Wildman–Crippen MR) is 77.5 cm³/mol. The first-order chi connectivity index (χ1) is 10.1. The van der Waals surface area contributed by atoms with Gasteiger partial charge in [-0.25, -0.2) is 14.8 Å². The Morgan fingerprint density at radius 1 is 1.38 bits per heavy atom. The molecule has 7 nitrogen and oxygen atoms in total. The second-order valence-electron chi connectivity index (χ2n) is 4.25. The van der Waals surface area contributed by atoms with Gasteiger partial charge in [0.1, 0.15) is 0 Å². The Balaban J connectivity index is 1.86. The van der Waals surface area contributed by atoms with Crippen LogP contribution in [0.3, 0.4) is 0 Å². The highest BCUT2D eigenvalue weighted by molar-refractivity contribution is 7.07. The second kappa shape index (κ2) is 6.80. The average molecular weight is 306 g/mol. The highest BCUT2D eigenvalue weighted by Gasteiger charge is 2.17. The molecule has 0 saturated carbocycles. The van der Waals surface area contributed by atoms with Crippen LogP contribution in [0.15, 0.2) is 29.2 Å². The van der Waals surface area contributed by atoms with Crippen LogP contribution in [-0.2, 0) is 16.1 Å². The van der Waals surface area contributed by atoms with E-state index in [-0.39, 0.29) is 24.0 Å². The predicted octanol–water partition coefficient (Wildman–Crippen LogP) is 0.936. The zero-order chi connectivity index (χ0) is 15.2. The Morgan fingerprint density at radius 3 is 2.81 bits per heavy atom. The van der Waals surface area contributed by atoms with Crippen LogP contribution >= 0.6 is 11.3 Å². The van der Waals surface area contributed by atoms with E-state index in [1.807, 2.05) is 16.8 Å². The monoisotopic (exact) mass is 306 g/mol. The van der Waals surface area contributed by atoms with Crippen molar-refractivity contribution in [2.45, 2.75) is 6.54 Å². The molecule has 110 valence electrons. The molecule has 0 saturated heterocycles. The van der Waals surface area contributed by atoms with E-state index >= 15 is 0 Å². The van der Waals surface area contributed by atoms with Crippen molar-refractivity contribution in [3.05, 3.63) is 40.5 Å². The number of hydrogen-bond donors (Lipinski definition) is 1. The van der Waals surface area contributed by atoms with Crippen LogP contribution in [0.5, 0.6) is 0 Å². The van der Waals surface area contributed by atoms with Crippen LogP contribution in [0.1, 0.15) is 16.1 Å². The molecule has 2 aromatic heterocycles. The van der Waals surface area contributed by atoms with E-state index in [2.05, 4.69) is 9.97 Å². The standard InChI is InChI=1S/C13H14N4O3S/c1-17(6-9-2-5-21-8-9)10(18)7-20-13(19)11-12(14)16-4-3-15-11/h2-5,8H,6-7H2,1H3,(H2,14,16). The molecular formula is C13H14N4O3S. The Morgan fingerprint density at radius 2 is 2.14 bits per heavy atom. The molecule has 0 bridgehead atoms. The quantitative estimate of drug-likeness (QED) is 0.825. The molecule has 0 aromatic carbocycles. The van der Waals surface area contributed by atoms with Gasteiger partial charge in [0.2, 0.25) is 0 Å². The molecular weight excluding hydrogens is 292 g/mol. The van der Waals surface area contributed by atoms with Crippen molar-refractivity contribution < 1.29 is 14.3 Å². The van der Waals surface area contributed by atoms with Gasteiger partial charge in [-0.2, -0.15) is 11.3 Å². The van der Waals surface area contributed by atoms with Crippen LogP contribution in [0.2, 0.25) is 0 Å². The van der Waals surface area contributed by atoms with Gasteiger partial charge in [-0.1, -0.05) is 0 Å². The summed E-state index contributed by atoms with van der Waals surface area (Å²) in [6.07, 6.45) is 2.70. The maximum Gasteiger partial charge on any atom is 0.361 e. The lowest BCUT2D eigenvalue weighted by atomic mass is 10.3. The van der Waals surface area contributed by atoms with Gasteiger partial charge in [-0.3, -0.25) is 4.79 Å². The lowest BCUT2D eigenvalue weighted by Crippen LogP contribution is -2.31. The molecule has 0 aliphatic rings. The minimum atomic E-state index is -0.766. The van der Waals surface area contributed by atoms with Crippen LogP contribution in [-0.4, -0.2) is 40.4 Å². The molecule has 2 heterocycles. The lowest BCUT2D eigenvalue weighted by molar-refractivity contribution is -0.133. The van der Waals surface area contributed by atoms with E-state index < -0.39 is 5.97 Å². The molecule has 0 aliphatic heterocycles. The molecule has 2 N–H and O–H groups in total. The van der Waals surface area contributed by atoms with Crippen LogP contribution in [0.25, 0.3) is 0 Å². The summed E-state index contributed by atoms with van der Waals surface area (Å²) < 4.78 is 4.90. The summed E-state index contributed by atoms with van der Waals surface area (Å²) in [6, 6.07) is 1.93. The van der Waals surface area contributed by atoms with Gasteiger partial charge in [-0.05, 0) is 22.4 Å². The number of carbonyl (C=O) groups excluding carboxylic acids is 2. The molecule has 2 rings (SSSR count). The van der Waals surface area contributed by atoms with E-state index in [4.69, 9.17) is 10.5 Å². The van der Waals surface area contributed by atoms with E-state index in [0.717, 1.165) is 5.56 Å². The number of anilines is 1. The summed E-state index contributed by atoms with van der Waals surface area (Å²) in [5.74, 6) is -1.10. The van der Waals surface area contributed by atoms with Gasteiger partial charge in [0.05, 0.1) is 0 Å². The summed E-state index contributed by atoms with van der Waals surface area (Å²) >= 11 is 1.56. The van der Waals surface area contributed by atoms with Crippen LogP contribution in [0, 0.1) is 0 Å². The molecule has 0 unspecified atom stereocenters. The third-order valence-electron chi connectivity index (χ3n) is 2.67. The van der Waals surface area contributed by atoms with Crippen molar-refractivity contribution in [2.24, 2.45) is 0 Å². The van der Waals surface area contributed by atoms with Crippen LogP contribution in [0.4, 0.5) is 5.82 Å². The first-order valence-electron chi connectivity index (χ1n) is 6.06. The third-order valence-corrected chi connectivity index (χ3v) is 3.40. The maximum atomic E-state index is 11.9. The number of esters is 1. The van der Waals surface area contributed by atoms with Crippen molar-refractivity contribution in [1.82, 2.24) is 14.9 Å². The molecule has 2 aromatic rings. The third kappa shape index (κ3) is 3.99. The fraction of sp³-hybridized carbons (Fsp3) is 0.231. The van der Waals surface area contributed by atoms with Crippen molar-refractivity contribution in [1.29, 1.82) is 0 Å². The maximum absolute atomic E-state index is 11.9. The highest BCUT2D eigenvalue weighted by Crippen LogP contribution is 2.09. The van der Waals surface area contributed by atoms with E-state index in [1.54, 1.807) is 18.4 Å². The van der Waals surface area contributed by atoms with Gasteiger partial charge in [0.15, 0.2) is 18.1 Å². The summed E-state index contributed by atoms with van der Waals surface area (Å²) in [5.41, 5.74) is 6.45. The van der Waals surface area contributed by atoms with Gasteiger partial charge in [0.25, 0.3) is 5.91 Å². The molecule has 1 amide bonds. The minimum absolute atomic E-state index is 0.0263. The second-order valence-corrected chi connectivity index (χ2v) is 5.03. The van der Waals surface area contributed by atoms with Crippen molar-refractivity contribution in [2.75, 3.05) is 19.4 Å². The largest absolute Gasteiger partial charge is 0.451 e. The van der Waals surface area contributed by atoms with E-state index in [1.165, 1.54) is 17.3 Å². The molecule has 0 spiro atoms. The first-order valence-corrected chi connectivity index (χ1v) is 7.01. The normalized spacial score (nSPS) is 10.1. The number of amides is 1. The fourth-order valence-corrected chi connectivity index (χ4v) is 2.22. The molecule has 0 radical (unpaired) electrons. The molecule has 0 aliphatic carbocycles. The number of hydrogen-bond acceptors (Lipinski definition) is 7. The number of carbonyl (C=O) groups is 2. The Bertz CT molecular complexity index is 630. The Hall–Kier alpha value is -2.48. The lowest BCUT2D eigenvalue weighted by Gasteiger charge is -2.16. The number of nitrogens with two attached hydrogens (primary N) is 1. The zero-order valence-electron chi connectivity index (χ0n) is 11.4. The van der Waals surface area contributed by atoms with Crippen molar-refractivity contribution in [3.63, 3.8) is 0 Å². The van der Waals surface area contributed by atoms with Gasteiger partial charge >= 0.3 is 5.97 Å². The topological polar surface area (TPSA) is 98.4 Å². The molecule has 0 fully saturated rings. The SMILES string of the molecule is CN(Cc1ccsc1)C(=O)COC(=O)c1nccnc1N.